The van der Waals surface area contributed by atoms with Gasteiger partial charge in [0.15, 0.2) is 0 Å². The monoisotopic (exact) mass is 249 g/mol. The molecule has 0 amide bonds. The number of nitrogens with zero attached hydrogens (tertiary/aromatic N) is 1. The smallest absolute Gasteiger partial charge is 0.387 e. The summed E-state index contributed by atoms with van der Waals surface area (Å²) < 4.78 is 52.4. The highest BCUT2D eigenvalue weighted by atomic mass is 32.2. The topological polar surface area (TPSA) is 72.8 Å². The molecule has 0 spiro atoms. The molecule has 0 aliphatic heterocycles. The maximum absolute atomic E-state index is 11.8. The summed E-state index contributed by atoms with van der Waals surface area (Å²) in [5.41, 5.74) is 0. The van der Waals surface area contributed by atoms with Crippen molar-refractivity contribution in [2.45, 2.75) is 11.5 Å². The molecule has 0 unspecified atom stereocenters. The zero-order valence-electron chi connectivity index (χ0n) is 7.63. The predicted molar refractivity (Wildman–Crippen MR) is 48.4 cm³/mol. The van der Waals surface area contributed by atoms with Crippen LogP contribution < -0.4 is 4.74 Å². The van der Waals surface area contributed by atoms with Crippen molar-refractivity contribution in [1.82, 2.24) is 0 Å². The lowest BCUT2D eigenvalue weighted by atomic mass is 10.3. The molecule has 16 heavy (non-hydrogen) atoms. The number of carbonyl (C=O) groups excluding carboxylic acids is 1. The minimum Gasteiger partial charge on any atom is -0.435 e. The van der Waals surface area contributed by atoms with Crippen LogP contribution in [0, 0.1) is 0 Å². The summed E-state index contributed by atoms with van der Waals surface area (Å²) in [5.74, 6) is -0.191. The number of benzene rings is 1. The zero-order valence-corrected chi connectivity index (χ0v) is 8.45. The number of sulfonamides is 1. The van der Waals surface area contributed by atoms with E-state index in [-0.39, 0.29) is 10.6 Å². The first-order valence-corrected chi connectivity index (χ1v) is 5.29. The Kier molecular flexibility index (Phi) is 3.70. The van der Waals surface area contributed by atoms with Crippen molar-refractivity contribution < 1.29 is 26.7 Å². The van der Waals surface area contributed by atoms with E-state index in [1.54, 1.807) is 0 Å². The Balaban J connectivity index is 3.00. The highest BCUT2D eigenvalue weighted by Crippen LogP contribution is 2.18. The van der Waals surface area contributed by atoms with Gasteiger partial charge in [0.1, 0.15) is 5.75 Å². The van der Waals surface area contributed by atoms with Gasteiger partial charge in [-0.2, -0.15) is 17.2 Å². The molecule has 0 radical (unpaired) electrons. The summed E-state index contributed by atoms with van der Waals surface area (Å²) in [6, 6.07) is 4.04. The summed E-state index contributed by atoms with van der Waals surface area (Å²) in [4.78, 5) is 9.50. The summed E-state index contributed by atoms with van der Waals surface area (Å²) in [7, 11) is -4.10. The van der Waals surface area contributed by atoms with E-state index < -0.39 is 16.6 Å². The number of alkyl halides is 2. The van der Waals surface area contributed by atoms with Crippen molar-refractivity contribution in [3.63, 3.8) is 0 Å². The van der Waals surface area contributed by atoms with Crippen LogP contribution in [0.4, 0.5) is 8.78 Å². The first kappa shape index (κ1) is 12.3. The SMILES string of the molecule is O=C=NS(=O)(=O)c1ccc(OC(F)F)cc1. The molecule has 0 saturated carbocycles. The van der Waals surface area contributed by atoms with Crippen molar-refractivity contribution in [3.05, 3.63) is 24.3 Å². The van der Waals surface area contributed by atoms with Crippen LogP contribution in [0.3, 0.4) is 0 Å². The van der Waals surface area contributed by atoms with E-state index >= 15 is 0 Å². The van der Waals surface area contributed by atoms with Gasteiger partial charge < -0.3 is 4.74 Å². The zero-order chi connectivity index (χ0) is 12.2. The number of hydrogen-bond acceptors (Lipinski definition) is 4. The third kappa shape index (κ3) is 3.11. The van der Waals surface area contributed by atoms with E-state index in [0.29, 0.717) is 0 Å². The molecule has 1 aromatic rings. The van der Waals surface area contributed by atoms with Gasteiger partial charge in [-0.25, -0.2) is 4.79 Å². The first-order valence-electron chi connectivity index (χ1n) is 3.85. The molecule has 86 valence electrons. The van der Waals surface area contributed by atoms with Crippen LogP contribution in [0.15, 0.2) is 33.6 Å². The fourth-order valence-corrected chi connectivity index (χ4v) is 1.58. The second-order valence-corrected chi connectivity index (χ2v) is 4.11. The second-order valence-electron chi connectivity index (χ2n) is 2.51. The van der Waals surface area contributed by atoms with Gasteiger partial charge in [0, 0.05) is 0 Å². The van der Waals surface area contributed by atoms with Crippen molar-refractivity contribution in [3.8, 4) is 5.75 Å². The molecule has 0 aliphatic carbocycles. The van der Waals surface area contributed by atoms with E-state index in [4.69, 9.17) is 0 Å². The molecule has 0 aromatic heterocycles. The summed E-state index contributed by atoms with van der Waals surface area (Å²) >= 11 is 0. The normalized spacial score (nSPS) is 10.9. The van der Waals surface area contributed by atoms with Gasteiger partial charge in [0.05, 0.1) is 4.90 Å². The van der Waals surface area contributed by atoms with Gasteiger partial charge in [0.25, 0.3) is 16.1 Å². The minimum atomic E-state index is -4.10. The van der Waals surface area contributed by atoms with Crippen LogP contribution in [-0.2, 0) is 14.8 Å². The second kappa shape index (κ2) is 4.82. The minimum absolute atomic E-state index is 0.191. The maximum atomic E-state index is 11.8. The van der Waals surface area contributed by atoms with Crippen LogP contribution in [0.2, 0.25) is 0 Å². The standard InChI is InChI=1S/C8H5F2NO4S/c9-8(10)15-6-1-3-7(4-2-6)16(13,14)11-5-12/h1-4,8H. The van der Waals surface area contributed by atoms with Gasteiger partial charge in [-0.05, 0) is 24.3 Å². The molecular weight excluding hydrogens is 244 g/mol. The van der Waals surface area contributed by atoms with E-state index in [9.17, 15) is 22.0 Å². The predicted octanol–water partition coefficient (Wildman–Crippen LogP) is 1.31. The van der Waals surface area contributed by atoms with E-state index in [1.165, 1.54) is 0 Å². The molecule has 5 nitrogen and oxygen atoms in total. The molecule has 1 aromatic carbocycles. The molecule has 0 fully saturated rings. The number of isocyanates is 1. The fourth-order valence-electron chi connectivity index (χ4n) is 0.895. The van der Waals surface area contributed by atoms with Crippen LogP contribution in [0.1, 0.15) is 0 Å². The van der Waals surface area contributed by atoms with Gasteiger partial charge >= 0.3 is 6.61 Å². The van der Waals surface area contributed by atoms with Crippen molar-refractivity contribution in [2.75, 3.05) is 0 Å². The van der Waals surface area contributed by atoms with Gasteiger partial charge in [0.2, 0.25) is 0 Å². The number of hydrogen-bond donors (Lipinski definition) is 0. The maximum Gasteiger partial charge on any atom is 0.387 e. The van der Waals surface area contributed by atoms with E-state index in [2.05, 4.69) is 9.13 Å². The van der Waals surface area contributed by atoms with E-state index in [1.807, 2.05) is 0 Å². The summed E-state index contributed by atoms with van der Waals surface area (Å²) in [6.07, 6.45) is 0.889. The average Bonchev–Trinajstić information content (AvgIpc) is 2.17. The number of halogens is 2. The first-order chi connectivity index (χ1) is 7.45. The van der Waals surface area contributed by atoms with Crippen LogP contribution >= 0.6 is 0 Å². The molecule has 1 rings (SSSR count). The highest BCUT2D eigenvalue weighted by molar-refractivity contribution is 7.90. The third-order valence-corrected chi connectivity index (χ3v) is 2.69. The summed E-state index contributed by atoms with van der Waals surface area (Å²) in [6.45, 7) is -2.99. The Labute approximate surface area is 89.4 Å². The molecular formula is C8H5F2NO4S. The van der Waals surface area contributed by atoms with Gasteiger partial charge in [-0.15, -0.1) is 0 Å². The van der Waals surface area contributed by atoms with Crippen LogP contribution in [0.5, 0.6) is 5.75 Å². The Hall–Kier alpha value is -1.79. The lowest BCUT2D eigenvalue weighted by Gasteiger charge is -2.03. The molecule has 0 N–H and O–H groups in total. The average molecular weight is 249 g/mol. The van der Waals surface area contributed by atoms with Crippen molar-refractivity contribution in [2.24, 2.45) is 4.40 Å². The molecule has 0 bridgehead atoms. The number of rotatable bonds is 4. The third-order valence-electron chi connectivity index (χ3n) is 1.50. The quantitative estimate of drug-likeness (QED) is 0.595. The van der Waals surface area contributed by atoms with Crippen LogP contribution in [0.25, 0.3) is 0 Å². The van der Waals surface area contributed by atoms with Crippen molar-refractivity contribution >= 4 is 16.1 Å². The summed E-state index contributed by atoms with van der Waals surface area (Å²) in [5, 5.41) is 0. The molecule has 8 heteroatoms. The fraction of sp³-hybridized carbons (Fsp3) is 0.125. The van der Waals surface area contributed by atoms with Crippen LogP contribution in [-0.4, -0.2) is 21.1 Å². The molecule has 0 atom stereocenters. The Morgan fingerprint density at radius 2 is 1.81 bits per heavy atom. The number of ether oxygens (including phenoxy) is 1. The van der Waals surface area contributed by atoms with Crippen molar-refractivity contribution in [1.29, 1.82) is 0 Å². The Morgan fingerprint density at radius 3 is 2.25 bits per heavy atom. The molecule has 0 aliphatic rings. The van der Waals surface area contributed by atoms with Gasteiger partial charge in [-0.1, -0.05) is 4.40 Å². The van der Waals surface area contributed by atoms with E-state index in [0.717, 1.165) is 30.3 Å². The lowest BCUT2D eigenvalue weighted by Crippen LogP contribution is -2.02. The lowest BCUT2D eigenvalue weighted by molar-refractivity contribution is -0.0498. The molecule has 0 saturated heterocycles. The Morgan fingerprint density at radius 1 is 1.25 bits per heavy atom. The Bertz CT molecular complexity index is 505. The van der Waals surface area contributed by atoms with Gasteiger partial charge in [-0.3, -0.25) is 0 Å². The molecule has 0 heterocycles. The highest BCUT2D eigenvalue weighted by Gasteiger charge is 2.13. The largest absolute Gasteiger partial charge is 0.435 e.